The van der Waals surface area contributed by atoms with Gasteiger partial charge in [-0.2, -0.15) is 0 Å². The molecule has 0 bridgehead atoms. The van der Waals surface area contributed by atoms with Gasteiger partial charge in [0, 0.05) is 13.2 Å². The van der Waals surface area contributed by atoms with Gasteiger partial charge < -0.3 is 10.5 Å². The van der Waals surface area contributed by atoms with Crippen molar-refractivity contribution in [1.82, 2.24) is 0 Å². The smallest absolute Gasteiger partial charge is 0.217 e. The Balaban J connectivity index is 3.68. The Kier molecular flexibility index (Phi) is 6.69. The minimum absolute atomic E-state index is 0.222. The molecule has 2 nitrogen and oxygen atoms in total. The van der Waals surface area contributed by atoms with Crippen molar-refractivity contribution < 1.29 is 4.74 Å². The topological polar surface area (TPSA) is 35.2 Å². The zero-order valence-electron chi connectivity index (χ0n) is 7.03. The van der Waals surface area contributed by atoms with Crippen LogP contribution < -0.4 is 5.73 Å². The van der Waals surface area contributed by atoms with Gasteiger partial charge in [0.1, 0.15) is 6.10 Å². The number of hydrogen-bond donors (Lipinski definition) is 1. The first-order chi connectivity index (χ1) is 5.52. The van der Waals surface area contributed by atoms with Crippen LogP contribution in [0.15, 0.2) is 0 Å². The Bertz CT molecular complexity index is 116. The van der Waals surface area contributed by atoms with E-state index in [0.29, 0.717) is 6.61 Å². The lowest BCUT2D eigenvalue weighted by molar-refractivity contribution is 0.0598. The Hall–Kier alpha value is 0.790. The summed E-state index contributed by atoms with van der Waals surface area (Å²) in [5, 5.41) is 0. The largest absolute Gasteiger partial charge is 0.372 e. The molecule has 0 fully saturated rings. The van der Waals surface area contributed by atoms with E-state index in [1.807, 2.05) is 0 Å². The van der Waals surface area contributed by atoms with Crippen LogP contribution in [0.2, 0.25) is 0 Å². The maximum Gasteiger partial charge on any atom is 0.217 e. The van der Waals surface area contributed by atoms with Crippen LogP contribution in [0.5, 0.6) is 0 Å². The third-order valence-corrected chi connectivity index (χ3v) is 2.13. The summed E-state index contributed by atoms with van der Waals surface area (Å²) in [6.07, 6.45) is 1.50. The fourth-order valence-electron chi connectivity index (χ4n) is 0.666. The Morgan fingerprint density at radius 2 is 2.00 bits per heavy atom. The molecule has 0 aliphatic carbocycles. The molecule has 0 rings (SSSR count). The van der Waals surface area contributed by atoms with E-state index in [9.17, 15) is 0 Å². The molecule has 12 heavy (non-hydrogen) atoms. The van der Waals surface area contributed by atoms with E-state index in [1.54, 1.807) is 0 Å². The number of ether oxygens (including phenoxy) is 1. The molecule has 0 saturated heterocycles. The molecule has 0 aromatic rings. The minimum atomic E-state index is -1.41. The van der Waals surface area contributed by atoms with E-state index in [0.717, 1.165) is 12.8 Å². The summed E-state index contributed by atoms with van der Waals surface area (Å²) in [5.74, 6) is 0. The van der Waals surface area contributed by atoms with Crippen molar-refractivity contribution in [2.24, 2.45) is 5.73 Å². The van der Waals surface area contributed by atoms with E-state index >= 15 is 0 Å². The predicted octanol–water partition coefficient (Wildman–Crippen LogP) is 2.50. The maximum atomic E-state index is 5.60. The molecule has 0 aromatic heterocycles. The van der Waals surface area contributed by atoms with Crippen LogP contribution in [-0.2, 0) is 4.74 Å². The molecular formula is C7H14Cl3NO. The molecule has 5 heteroatoms. The molecule has 0 unspecified atom stereocenters. The van der Waals surface area contributed by atoms with Crippen LogP contribution in [0.25, 0.3) is 0 Å². The summed E-state index contributed by atoms with van der Waals surface area (Å²) in [4.78, 5) is 0. The fourth-order valence-corrected chi connectivity index (χ4v) is 1.12. The first-order valence-corrected chi connectivity index (χ1v) is 5.04. The van der Waals surface area contributed by atoms with Gasteiger partial charge in [-0.05, 0) is 6.42 Å². The summed E-state index contributed by atoms with van der Waals surface area (Å²) >= 11 is 16.8. The van der Waals surface area contributed by atoms with E-state index < -0.39 is 9.90 Å². The van der Waals surface area contributed by atoms with Gasteiger partial charge in [-0.25, -0.2) is 0 Å². The molecule has 0 spiro atoms. The predicted molar refractivity (Wildman–Crippen MR) is 54.0 cm³/mol. The maximum absolute atomic E-state index is 5.60. The molecule has 0 radical (unpaired) electrons. The fraction of sp³-hybridized carbons (Fsp3) is 1.00. The number of rotatable bonds is 5. The standard InChI is InChI=1S/C7H14Cl3NO/c1-2-3-4-12-6(5-11)7(8,9)10/h6H,2-5,11H2,1H3/t6-/m0/s1. The molecule has 1 atom stereocenters. The van der Waals surface area contributed by atoms with Crippen LogP contribution in [0.4, 0.5) is 0 Å². The summed E-state index contributed by atoms with van der Waals surface area (Å²) < 4.78 is 3.86. The van der Waals surface area contributed by atoms with Crippen molar-refractivity contribution in [3.05, 3.63) is 0 Å². The van der Waals surface area contributed by atoms with Crippen LogP contribution in [0.1, 0.15) is 19.8 Å². The summed E-state index contributed by atoms with van der Waals surface area (Å²) in [6.45, 7) is 2.88. The molecule has 0 aromatic carbocycles. The molecule has 0 amide bonds. The van der Waals surface area contributed by atoms with Crippen LogP contribution in [0, 0.1) is 0 Å². The number of nitrogens with two attached hydrogens (primary N) is 1. The summed E-state index contributed by atoms with van der Waals surface area (Å²) in [5.41, 5.74) is 5.36. The van der Waals surface area contributed by atoms with Crippen LogP contribution >= 0.6 is 34.8 Å². The van der Waals surface area contributed by atoms with Gasteiger partial charge in [-0.15, -0.1) is 0 Å². The second-order valence-electron chi connectivity index (χ2n) is 2.49. The highest BCUT2D eigenvalue weighted by atomic mass is 35.6. The van der Waals surface area contributed by atoms with Crippen molar-refractivity contribution in [3.8, 4) is 0 Å². The lowest BCUT2D eigenvalue weighted by atomic mass is 10.3. The zero-order valence-corrected chi connectivity index (χ0v) is 9.29. The quantitative estimate of drug-likeness (QED) is 0.586. The van der Waals surface area contributed by atoms with Crippen LogP contribution in [-0.4, -0.2) is 23.0 Å². The monoisotopic (exact) mass is 233 g/mol. The number of unbranched alkanes of at least 4 members (excludes halogenated alkanes) is 1. The minimum Gasteiger partial charge on any atom is -0.372 e. The molecule has 0 aliphatic heterocycles. The van der Waals surface area contributed by atoms with Gasteiger partial charge in [0.05, 0.1) is 0 Å². The van der Waals surface area contributed by atoms with Crippen molar-refractivity contribution in [3.63, 3.8) is 0 Å². The normalized spacial score (nSPS) is 14.8. The average molecular weight is 235 g/mol. The average Bonchev–Trinajstić information content (AvgIpc) is 1.95. The number of hydrogen-bond acceptors (Lipinski definition) is 2. The first kappa shape index (κ1) is 12.8. The SMILES string of the molecule is CCCCO[C@@H](CN)C(Cl)(Cl)Cl. The molecule has 0 saturated carbocycles. The van der Waals surface area contributed by atoms with Crippen molar-refractivity contribution in [2.75, 3.05) is 13.2 Å². The van der Waals surface area contributed by atoms with Crippen molar-refractivity contribution >= 4 is 34.8 Å². The second kappa shape index (κ2) is 6.28. The Morgan fingerprint density at radius 3 is 2.33 bits per heavy atom. The van der Waals surface area contributed by atoms with Gasteiger partial charge in [0.25, 0.3) is 0 Å². The van der Waals surface area contributed by atoms with Gasteiger partial charge in [0.2, 0.25) is 3.79 Å². The third-order valence-electron chi connectivity index (χ3n) is 1.40. The van der Waals surface area contributed by atoms with Crippen molar-refractivity contribution in [2.45, 2.75) is 29.7 Å². The molecule has 74 valence electrons. The summed E-state index contributed by atoms with van der Waals surface area (Å²) in [7, 11) is 0. The lowest BCUT2D eigenvalue weighted by Crippen LogP contribution is -2.36. The number of halogens is 3. The molecule has 0 heterocycles. The van der Waals surface area contributed by atoms with E-state index in [2.05, 4.69) is 6.92 Å². The highest BCUT2D eigenvalue weighted by Gasteiger charge is 2.31. The second-order valence-corrected chi connectivity index (χ2v) is 4.86. The van der Waals surface area contributed by atoms with Gasteiger partial charge in [-0.1, -0.05) is 48.1 Å². The van der Waals surface area contributed by atoms with Crippen molar-refractivity contribution in [1.29, 1.82) is 0 Å². The van der Waals surface area contributed by atoms with Gasteiger partial charge >= 0.3 is 0 Å². The zero-order chi connectivity index (χ0) is 9.61. The molecule has 0 aliphatic rings. The van der Waals surface area contributed by atoms with Gasteiger partial charge in [0.15, 0.2) is 0 Å². The highest BCUT2D eigenvalue weighted by Crippen LogP contribution is 2.31. The van der Waals surface area contributed by atoms with Crippen LogP contribution in [0.3, 0.4) is 0 Å². The Morgan fingerprint density at radius 1 is 1.42 bits per heavy atom. The molecule has 2 N–H and O–H groups in total. The molecular weight excluding hydrogens is 220 g/mol. The highest BCUT2D eigenvalue weighted by molar-refractivity contribution is 6.68. The number of alkyl halides is 3. The van der Waals surface area contributed by atoms with E-state index in [4.69, 9.17) is 45.3 Å². The third kappa shape index (κ3) is 5.44. The Labute approximate surface area is 88.3 Å². The summed E-state index contributed by atoms with van der Waals surface area (Å²) in [6, 6.07) is 0. The lowest BCUT2D eigenvalue weighted by Gasteiger charge is -2.22. The van der Waals surface area contributed by atoms with Gasteiger partial charge in [-0.3, -0.25) is 0 Å². The van der Waals surface area contributed by atoms with E-state index in [1.165, 1.54) is 0 Å². The van der Waals surface area contributed by atoms with E-state index in [-0.39, 0.29) is 6.54 Å². The first-order valence-electron chi connectivity index (χ1n) is 3.90.